The van der Waals surface area contributed by atoms with Gasteiger partial charge in [-0.1, -0.05) is 0 Å². The third-order valence-corrected chi connectivity index (χ3v) is 2.95. The Kier molecular flexibility index (Phi) is 3.66. The van der Waals surface area contributed by atoms with Gasteiger partial charge in [-0.3, -0.25) is 0 Å². The molecule has 1 saturated heterocycles. The summed E-state index contributed by atoms with van der Waals surface area (Å²) in [6.07, 6.45) is 0.776. The average molecular weight is 209 g/mol. The highest BCUT2D eigenvalue weighted by Crippen LogP contribution is 2.17. The summed E-state index contributed by atoms with van der Waals surface area (Å²) in [6, 6.07) is 0. The molecular formula is C7H15NO4S. The molecule has 0 radical (unpaired) electrons. The molecule has 0 aromatic rings. The lowest BCUT2D eigenvalue weighted by Crippen LogP contribution is -2.36. The fourth-order valence-corrected chi connectivity index (χ4v) is 2.19. The first-order valence-electron chi connectivity index (χ1n) is 4.25. The summed E-state index contributed by atoms with van der Waals surface area (Å²) in [7, 11) is -3.58. The number of hydrogen-bond donors (Lipinski definition) is 2. The predicted molar refractivity (Wildman–Crippen MR) is 47.5 cm³/mol. The minimum absolute atomic E-state index is 0.0907. The van der Waals surface area contributed by atoms with Crippen LogP contribution in [0, 0.1) is 5.92 Å². The van der Waals surface area contributed by atoms with Crippen molar-refractivity contribution in [3.05, 3.63) is 0 Å². The number of aliphatic hydroxyl groups is 1. The molecule has 0 aromatic heterocycles. The number of primary sulfonamides is 1. The second-order valence-electron chi connectivity index (χ2n) is 3.37. The van der Waals surface area contributed by atoms with Crippen molar-refractivity contribution in [2.24, 2.45) is 11.1 Å². The maximum absolute atomic E-state index is 10.7. The van der Waals surface area contributed by atoms with Crippen molar-refractivity contribution in [1.29, 1.82) is 0 Å². The van der Waals surface area contributed by atoms with E-state index in [1.54, 1.807) is 0 Å². The van der Waals surface area contributed by atoms with Crippen LogP contribution in [0.15, 0.2) is 0 Å². The summed E-state index contributed by atoms with van der Waals surface area (Å²) in [5.41, 5.74) is 0. The molecule has 5 nitrogen and oxygen atoms in total. The summed E-state index contributed by atoms with van der Waals surface area (Å²) in [6.45, 7) is 1.12. The van der Waals surface area contributed by atoms with Gasteiger partial charge in [-0.15, -0.1) is 0 Å². The van der Waals surface area contributed by atoms with Gasteiger partial charge >= 0.3 is 0 Å². The second-order valence-corrected chi connectivity index (χ2v) is 5.03. The molecule has 78 valence electrons. The van der Waals surface area contributed by atoms with Gasteiger partial charge in [-0.05, 0) is 12.8 Å². The van der Waals surface area contributed by atoms with Crippen molar-refractivity contribution in [1.82, 2.24) is 0 Å². The van der Waals surface area contributed by atoms with Crippen LogP contribution in [0.25, 0.3) is 0 Å². The molecule has 0 amide bonds. The summed E-state index contributed by atoms with van der Waals surface area (Å²) in [5.74, 6) is -0.465. The molecule has 0 aromatic carbocycles. The molecule has 0 saturated carbocycles. The zero-order valence-corrected chi connectivity index (χ0v) is 8.16. The van der Waals surface area contributed by atoms with Crippen LogP contribution in [0.3, 0.4) is 0 Å². The zero-order valence-electron chi connectivity index (χ0n) is 7.35. The van der Waals surface area contributed by atoms with Crippen LogP contribution in [-0.4, -0.2) is 38.6 Å². The molecule has 1 aliphatic rings. The van der Waals surface area contributed by atoms with Gasteiger partial charge in [0, 0.05) is 12.5 Å². The Morgan fingerprint density at radius 3 is 2.77 bits per heavy atom. The van der Waals surface area contributed by atoms with Crippen LogP contribution < -0.4 is 5.14 Å². The molecule has 1 heterocycles. The lowest BCUT2D eigenvalue weighted by atomic mass is 9.97. The monoisotopic (exact) mass is 209 g/mol. The van der Waals surface area contributed by atoms with E-state index in [0.717, 1.165) is 12.8 Å². The maximum atomic E-state index is 10.7. The van der Waals surface area contributed by atoms with Crippen molar-refractivity contribution >= 4 is 10.0 Å². The molecule has 1 rings (SSSR count). The van der Waals surface area contributed by atoms with E-state index in [4.69, 9.17) is 9.88 Å². The van der Waals surface area contributed by atoms with E-state index in [0.29, 0.717) is 13.2 Å². The lowest BCUT2D eigenvalue weighted by molar-refractivity contribution is -0.000560. The Labute approximate surface area is 77.9 Å². The van der Waals surface area contributed by atoms with Gasteiger partial charge < -0.3 is 9.84 Å². The first kappa shape index (κ1) is 10.9. The fourth-order valence-electron chi connectivity index (χ4n) is 1.44. The summed E-state index contributed by atoms with van der Waals surface area (Å²) >= 11 is 0. The first-order chi connectivity index (χ1) is 5.99. The molecule has 2 atom stereocenters. The van der Waals surface area contributed by atoms with Gasteiger partial charge in [0.25, 0.3) is 0 Å². The third-order valence-electron chi connectivity index (χ3n) is 2.14. The van der Waals surface area contributed by atoms with E-state index in [1.165, 1.54) is 0 Å². The zero-order chi connectivity index (χ0) is 9.90. The topological polar surface area (TPSA) is 89.6 Å². The normalized spacial score (nSPS) is 27.1. The van der Waals surface area contributed by atoms with Gasteiger partial charge in [-0.25, -0.2) is 13.6 Å². The number of sulfonamides is 1. The van der Waals surface area contributed by atoms with Crippen LogP contribution in [0.5, 0.6) is 0 Å². The minimum atomic E-state index is -3.58. The number of nitrogens with two attached hydrogens (primary N) is 1. The Bertz CT molecular complexity index is 245. The van der Waals surface area contributed by atoms with E-state index in [1.807, 2.05) is 0 Å². The van der Waals surface area contributed by atoms with E-state index < -0.39 is 16.1 Å². The highest BCUT2D eigenvalue weighted by molar-refractivity contribution is 7.89. The fraction of sp³-hybridized carbons (Fsp3) is 1.00. The van der Waals surface area contributed by atoms with E-state index in [2.05, 4.69) is 0 Å². The molecule has 2 unspecified atom stereocenters. The maximum Gasteiger partial charge on any atom is 0.211 e. The Balaban J connectivity index is 2.42. The molecule has 0 aliphatic carbocycles. The smallest absolute Gasteiger partial charge is 0.211 e. The van der Waals surface area contributed by atoms with Crippen molar-refractivity contribution < 1.29 is 18.3 Å². The molecule has 1 aliphatic heterocycles. The van der Waals surface area contributed by atoms with Gasteiger partial charge in [0.05, 0.1) is 18.5 Å². The van der Waals surface area contributed by atoms with Crippen LogP contribution in [0.4, 0.5) is 0 Å². The number of rotatable bonds is 3. The van der Waals surface area contributed by atoms with E-state index >= 15 is 0 Å². The van der Waals surface area contributed by atoms with E-state index in [9.17, 15) is 13.5 Å². The molecular weight excluding hydrogens is 194 g/mol. The number of aliphatic hydroxyl groups excluding tert-OH is 1. The van der Waals surface area contributed by atoms with Crippen molar-refractivity contribution in [3.8, 4) is 0 Å². The molecule has 13 heavy (non-hydrogen) atoms. The molecule has 6 heteroatoms. The first-order valence-corrected chi connectivity index (χ1v) is 5.97. The summed E-state index contributed by atoms with van der Waals surface area (Å²) < 4.78 is 26.4. The second kappa shape index (κ2) is 4.36. The van der Waals surface area contributed by atoms with Crippen LogP contribution in [0.1, 0.15) is 12.8 Å². The largest absolute Gasteiger partial charge is 0.392 e. The molecule has 3 N–H and O–H groups in total. The highest BCUT2D eigenvalue weighted by atomic mass is 32.2. The van der Waals surface area contributed by atoms with Crippen LogP contribution in [0.2, 0.25) is 0 Å². The number of ether oxygens (including phenoxy) is 1. The lowest BCUT2D eigenvalue weighted by Gasteiger charge is -2.25. The SMILES string of the molecule is NS(=O)(=O)CC(O)C1CCCOC1. The van der Waals surface area contributed by atoms with Gasteiger partial charge in [0.15, 0.2) is 0 Å². The summed E-state index contributed by atoms with van der Waals surface area (Å²) in [5, 5.41) is 14.3. The quantitative estimate of drug-likeness (QED) is 0.628. The van der Waals surface area contributed by atoms with Crippen molar-refractivity contribution in [2.45, 2.75) is 18.9 Å². The van der Waals surface area contributed by atoms with Crippen LogP contribution >= 0.6 is 0 Å². The van der Waals surface area contributed by atoms with Crippen LogP contribution in [-0.2, 0) is 14.8 Å². The van der Waals surface area contributed by atoms with Crippen molar-refractivity contribution in [3.63, 3.8) is 0 Å². The molecule has 0 bridgehead atoms. The van der Waals surface area contributed by atoms with E-state index in [-0.39, 0.29) is 11.7 Å². The average Bonchev–Trinajstić information content (AvgIpc) is 2.03. The van der Waals surface area contributed by atoms with Crippen molar-refractivity contribution in [2.75, 3.05) is 19.0 Å². The predicted octanol–water partition coefficient (Wildman–Crippen LogP) is -0.938. The Hall–Kier alpha value is -0.170. The van der Waals surface area contributed by atoms with Gasteiger partial charge in [0.2, 0.25) is 10.0 Å². The summed E-state index contributed by atoms with van der Waals surface area (Å²) in [4.78, 5) is 0. The molecule has 1 fully saturated rings. The standard InChI is InChI=1S/C7H15NO4S/c8-13(10,11)5-7(9)6-2-1-3-12-4-6/h6-7,9H,1-5H2,(H2,8,10,11). The Morgan fingerprint density at radius 2 is 2.31 bits per heavy atom. The highest BCUT2D eigenvalue weighted by Gasteiger charge is 2.25. The minimum Gasteiger partial charge on any atom is -0.392 e. The van der Waals surface area contributed by atoms with Gasteiger partial charge in [-0.2, -0.15) is 0 Å². The molecule has 0 spiro atoms. The van der Waals surface area contributed by atoms with Gasteiger partial charge in [0.1, 0.15) is 0 Å². The third kappa shape index (κ3) is 4.04. The Morgan fingerprint density at radius 1 is 1.62 bits per heavy atom. The number of hydrogen-bond acceptors (Lipinski definition) is 4.